The lowest BCUT2D eigenvalue weighted by atomic mass is 10.2. The molecule has 2 aromatic heterocycles. The number of nitrogens with one attached hydrogen (secondary N) is 3. The van der Waals surface area contributed by atoms with Gasteiger partial charge in [-0.1, -0.05) is 13.3 Å². The van der Waals surface area contributed by atoms with Crippen LogP contribution in [-0.4, -0.2) is 32.1 Å². The van der Waals surface area contributed by atoms with E-state index in [1.54, 1.807) is 43.5 Å². The van der Waals surface area contributed by atoms with Crippen molar-refractivity contribution in [2.24, 2.45) is 0 Å². The van der Waals surface area contributed by atoms with Crippen molar-refractivity contribution in [1.82, 2.24) is 19.1 Å². The summed E-state index contributed by atoms with van der Waals surface area (Å²) in [5.41, 5.74) is 1.91. The standard InChI is InChI=1S/C26H30N6O4/c1-4-6-15-32-23-22(25(34)30-26(32)35)31(5-2)21(29-23)16-27-18-9-7-17(8-10-18)24(33)28-19-11-13-20(36-3)14-12-19/h7-14,27H,4-6,15-16H2,1-3H3,(H,28,33)(H,30,34,35). The number of H-pyrrole nitrogens is 1. The number of amides is 1. The number of aromatic amines is 1. The molecule has 0 unspecified atom stereocenters. The van der Waals surface area contributed by atoms with Crippen molar-refractivity contribution >= 4 is 28.4 Å². The summed E-state index contributed by atoms with van der Waals surface area (Å²) >= 11 is 0. The Balaban J connectivity index is 1.49. The molecule has 3 N–H and O–H groups in total. The second kappa shape index (κ2) is 10.9. The number of unbranched alkanes of at least 4 members (excludes halogenated alkanes) is 1. The maximum Gasteiger partial charge on any atom is 0.330 e. The van der Waals surface area contributed by atoms with Crippen LogP contribution in [0.1, 0.15) is 42.9 Å². The molecule has 188 valence electrons. The van der Waals surface area contributed by atoms with Gasteiger partial charge in [-0.3, -0.25) is 19.1 Å². The fourth-order valence-corrected chi connectivity index (χ4v) is 4.02. The SMILES string of the molecule is CCCCn1c(=O)[nH]c(=O)c2c1nc(CNc1ccc(C(=O)Nc3ccc(OC)cc3)cc1)n2CC. The van der Waals surface area contributed by atoms with Crippen LogP contribution in [0.2, 0.25) is 0 Å². The van der Waals surface area contributed by atoms with Crippen molar-refractivity contribution in [2.75, 3.05) is 17.7 Å². The topological polar surface area (TPSA) is 123 Å². The number of methoxy groups -OCH3 is 1. The molecule has 0 bridgehead atoms. The Kier molecular flexibility index (Phi) is 7.53. The number of hydrogen-bond acceptors (Lipinski definition) is 6. The van der Waals surface area contributed by atoms with Crippen molar-refractivity contribution in [2.45, 2.75) is 46.3 Å². The molecule has 0 atom stereocenters. The van der Waals surface area contributed by atoms with Crippen LogP contribution in [0.5, 0.6) is 5.75 Å². The highest BCUT2D eigenvalue weighted by atomic mass is 16.5. The average molecular weight is 491 g/mol. The summed E-state index contributed by atoms with van der Waals surface area (Å²) in [5.74, 6) is 1.15. The maximum absolute atomic E-state index is 12.6. The molecule has 0 fully saturated rings. The summed E-state index contributed by atoms with van der Waals surface area (Å²) < 4.78 is 8.49. The van der Waals surface area contributed by atoms with E-state index in [1.165, 1.54) is 4.57 Å². The minimum atomic E-state index is -0.440. The number of hydrogen-bond donors (Lipinski definition) is 3. The number of imidazole rings is 1. The van der Waals surface area contributed by atoms with E-state index < -0.39 is 11.2 Å². The van der Waals surface area contributed by atoms with Gasteiger partial charge in [-0.05, 0) is 61.9 Å². The van der Waals surface area contributed by atoms with Crippen molar-refractivity contribution in [1.29, 1.82) is 0 Å². The van der Waals surface area contributed by atoms with Gasteiger partial charge in [-0.15, -0.1) is 0 Å². The van der Waals surface area contributed by atoms with Crippen LogP contribution < -0.4 is 26.6 Å². The van der Waals surface area contributed by atoms with Crippen molar-refractivity contribution in [3.8, 4) is 5.75 Å². The third kappa shape index (κ3) is 5.17. The van der Waals surface area contributed by atoms with Gasteiger partial charge >= 0.3 is 5.69 Å². The summed E-state index contributed by atoms with van der Waals surface area (Å²) in [7, 11) is 1.59. The van der Waals surface area contributed by atoms with Gasteiger partial charge in [-0.25, -0.2) is 9.78 Å². The first kappa shape index (κ1) is 24.8. The molecule has 0 aliphatic heterocycles. The Morgan fingerprint density at radius 1 is 1.00 bits per heavy atom. The quantitative estimate of drug-likeness (QED) is 0.312. The first-order chi connectivity index (χ1) is 17.4. The van der Waals surface area contributed by atoms with Crippen molar-refractivity contribution < 1.29 is 9.53 Å². The predicted octanol–water partition coefficient (Wildman–Crippen LogP) is 3.58. The molecule has 4 rings (SSSR count). The lowest BCUT2D eigenvalue weighted by molar-refractivity contribution is 0.102. The van der Waals surface area contributed by atoms with Crippen molar-refractivity contribution in [3.63, 3.8) is 0 Å². The lowest BCUT2D eigenvalue weighted by Crippen LogP contribution is -2.31. The number of aromatic nitrogens is 4. The van der Waals surface area contributed by atoms with E-state index >= 15 is 0 Å². The Morgan fingerprint density at radius 2 is 1.69 bits per heavy atom. The number of anilines is 2. The van der Waals surface area contributed by atoms with Crippen LogP contribution in [0.15, 0.2) is 58.1 Å². The molecule has 0 aliphatic carbocycles. The molecular formula is C26H30N6O4. The number of carbonyl (C=O) groups excluding carboxylic acids is 1. The Hall–Kier alpha value is -4.34. The van der Waals surface area contributed by atoms with Gasteiger partial charge in [-0.2, -0.15) is 0 Å². The second-order valence-corrected chi connectivity index (χ2v) is 8.32. The highest BCUT2D eigenvalue weighted by Gasteiger charge is 2.17. The lowest BCUT2D eigenvalue weighted by Gasteiger charge is -2.10. The van der Waals surface area contributed by atoms with Crippen LogP contribution in [0.3, 0.4) is 0 Å². The van der Waals surface area contributed by atoms with Crippen LogP contribution in [0.4, 0.5) is 11.4 Å². The molecule has 4 aromatic rings. The molecule has 0 radical (unpaired) electrons. The zero-order valence-corrected chi connectivity index (χ0v) is 20.6. The fourth-order valence-electron chi connectivity index (χ4n) is 4.02. The molecule has 2 aromatic carbocycles. The Labute approximate surface area is 207 Å². The van der Waals surface area contributed by atoms with Gasteiger partial charge in [0.1, 0.15) is 11.6 Å². The fraction of sp³-hybridized carbons (Fsp3) is 0.308. The summed E-state index contributed by atoms with van der Waals surface area (Å²) in [6, 6.07) is 14.2. The van der Waals surface area contributed by atoms with Gasteiger partial charge in [0.15, 0.2) is 11.2 Å². The third-order valence-corrected chi connectivity index (χ3v) is 5.96. The van der Waals surface area contributed by atoms with Crippen LogP contribution in [0, 0.1) is 0 Å². The van der Waals surface area contributed by atoms with Crippen LogP contribution in [-0.2, 0) is 19.6 Å². The molecule has 0 saturated heterocycles. The second-order valence-electron chi connectivity index (χ2n) is 8.32. The third-order valence-electron chi connectivity index (χ3n) is 5.96. The van der Waals surface area contributed by atoms with Gasteiger partial charge in [0.2, 0.25) is 0 Å². The largest absolute Gasteiger partial charge is 0.497 e. The number of rotatable bonds is 10. The maximum atomic E-state index is 12.6. The monoisotopic (exact) mass is 490 g/mol. The number of nitrogens with zero attached hydrogens (tertiary/aromatic N) is 3. The summed E-state index contributed by atoms with van der Waals surface area (Å²) in [5, 5.41) is 6.15. The Bertz CT molecular complexity index is 1470. The molecule has 36 heavy (non-hydrogen) atoms. The predicted molar refractivity (Wildman–Crippen MR) is 140 cm³/mol. The summed E-state index contributed by atoms with van der Waals surface area (Å²) in [6.45, 7) is 5.36. The molecule has 0 aliphatic rings. The first-order valence-corrected chi connectivity index (χ1v) is 12.0. The van der Waals surface area contributed by atoms with Crippen LogP contribution >= 0.6 is 0 Å². The smallest absolute Gasteiger partial charge is 0.330 e. The minimum Gasteiger partial charge on any atom is -0.497 e. The van der Waals surface area contributed by atoms with Gasteiger partial charge < -0.3 is 19.9 Å². The highest BCUT2D eigenvalue weighted by Crippen LogP contribution is 2.18. The van der Waals surface area contributed by atoms with Gasteiger partial charge in [0.25, 0.3) is 11.5 Å². The van der Waals surface area contributed by atoms with Gasteiger partial charge in [0.05, 0.1) is 13.7 Å². The molecule has 0 saturated carbocycles. The number of benzene rings is 2. The van der Waals surface area contributed by atoms with E-state index in [4.69, 9.17) is 4.74 Å². The molecule has 1 amide bonds. The molecule has 2 heterocycles. The minimum absolute atomic E-state index is 0.219. The van der Waals surface area contributed by atoms with Gasteiger partial charge in [0, 0.05) is 30.0 Å². The van der Waals surface area contributed by atoms with E-state index in [9.17, 15) is 14.4 Å². The van der Waals surface area contributed by atoms with E-state index in [1.807, 2.05) is 30.5 Å². The summed E-state index contributed by atoms with van der Waals surface area (Å²) in [6.07, 6.45) is 1.73. The molecule has 10 nitrogen and oxygen atoms in total. The Morgan fingerprint density at radius 3 is 2.33 bits per heavy atom. The average Bonchev–Trinajstić information content (AvgIpc) is 3.27. The molecule has 10 heteroatoms. The zero-order valence-electron chi connectivity index (χ0n) is 20.6. The highest BCUT2D eigenvalue weighted by molar-refractivity contribution is 6.04. The number of carbonyl (C=O) groups is 1. The number of fused-ring (bicyclic) bond motifs is 1. The first-order valence-electron chi connectivity index (χ1n) is 12.0. The van der Waals surface area contributed by atoms with E-state index in [0.29, 0.717) is 53.6 Å². The van der Waals surface area contributed by atoms with Crippen molar-refractivity contribution in [3.05, 3.63) is 80.8 Å². The van der Waals surface area contributed by atoms with E-state index in [0.717, 1.165) is 18.5 Å². The molecular weight excluding hydrogens is 460 g/mol. The normalized spacial score (nSPS) is 11.0. The van der Waals surface area contributed by atoms with E-state index in [2.05, 4.69) is 20.6 Å². The number of aryl methyl sites for hydroxylation is 2. The zero-order chi connectivity index (χ0) is 25.7. The van der Waals surface area contributed by atoms with Crippen LogP contribution in [0.25, 0.3) is 11.2 Å². The number of ether oxygens (including phenoxy) is 1. The summed E-state index contributed by atoms with van der Waals surface area (Å²) in [4.78, 5) is 44.6. The molecule has 0 spiro atoms. The van der Waals surface area contributed by atoms with E-state index in [-0.39, 0.29) is 5.91 Å².